The molecule has 0 spiro atoms. The first kappa shape index (κ1) is 12.8. The Kier molecular flexibility index (Phi) is 3.74. The van der Waals surface area contributed by atoms with Gasteiger partial charge in [-0.1, -0.05) is 60.7 Å². The monoisotopic (exact) mass is 281 g/mol. The Bertz CT molecular complexity index is 699. The molecule has 0 aliphatic heterocycles. The lowest BCUT2D eigenvalue weighted by Crippen LogP contribution is -2.02. The number of hydrogen-bond acceptors (Lipinski definition) is 4. The summed E-state index contributed by atoms with van der Waals surface area (Å²) in [4.78, 5) is 4.51. The fourth-order valence-electron chi connectivity index (χ4n) is 2.01. The fraction of sp³-hybridized carbons (Fsp3) is 0.125. The Hall–Kier alpha value is -2.20. The van der Waals surface area contributed by atoms with Crippen molar-refractivity contribution in [2.75, 3.05) is 5.43 Å². The summed E-state index contributed by atoms with van der Waals surface area (Å²) in [7, 11) is 0. The molecule has 0 fully saturated rings. The Morgan fingerprint density at radius 2 is 1.85 bits per heavy atom. The molecule has 100 valence electrons. The molecule has 1 aromatic heterocycles. The molecular weight excluding hydrogens is 266 g/mol. The summed E-state index contributed by atoms with van der Waals surface area (Å²) in [5, 5.41) is 5.32. The van der Waals surface area contributed by atoms with Crippen LogP contribution in [-0.2, 0) is 0 Å². The number of hydrogen-bond donors (Lipinski definition) is 1. The topological polar surface area (TPSA) is 37.3 Å². The number of nitrogens with one attached hydrogen (secondary N) is 1. The highest BCUT2D eigenvalue weighted by Crippen LogP contribution is 2.25. The fourth-order valence-corrected chi connectivity index (χ4v) is 2.82. The van der Waals surface area contributed by atoms with Crippen LogP contribution in [0.15, 0.2) is 59.7 Å². The average Bonchev–Trinajstić information content (AvgIpc) is 2.92. The van der Waals surface area contributed by atoms with Gasteiger partial charge in [-0.05, 0) is 24.1 Å². The lowest BCUT2D eigenvalue weighted by molar-refractivity contribution is 1.21. The van der Waals surface area contributed by atoms with Gasteiger partial charge in [0.15, 0.2) is 0 Å². The van der Waals surface area contributed by atoms with Crippen LogP contribution in [0, 0.1) is 0 Å². The molecule has 0 atom stereocenters. The Morgan fingerprint density at radius 1 is 1.10 bits per heavy atom. The van der Waals surface area contributed by atoms with E-state index in [0.717, 1.165) is 28.3 Å². The smallest absolute Gasteiger partial charge is 0.204 e. The summed E-state index contributed by atoms with van der Waals surface area (Å²) in [5.41, 5.74) is 6.26. The molecule has 0 unspecified atom stereocenters. The predicted octanol–water partition coefficient (Wildman–Crippen LogP) is 4.52. The molecule has 1 N–H and O–H groups in total. The third-order valence-electron chi connectivity index (χ3n) is 3.02. The molecule has 3 rings (SSSR count). The standard InChI is InChI=1S/C16H15N3S/c1-2-13(12-8-4-3-5-9-12)18-19-16-17-14-10-6-7-11-15(14)20-16/h3-11H,2H2,1H3,(H,17,19). The van der Waals surface area contributed by atoms with Gasteiger partial charge in [0.1, 0.15) is 0 Å². The number of rotatable bonds is 4. The molecule has 4 heteroatoms. The molecule has 0 radical (unpaired) electrons. The van der Waals surface area contributed by atoms with E-state index in [1.54, 1.807) is 11.3 Å². The summed E-state index contributed by atoms with van der Waals surface area (Å²) in [6, 6.07) is 18.3. The van der Waals surface area contributed by atoms with Crippen LogP contribution >= 0.6 is 11.3 Å². The van der Waals surface area contributed by atoms with Gasteiger partial charge in [0.25, 0.3) is 0 Å². The maximum atomic E-state index is 4.51. The first-order valence-corrected chi connectivity index (χ1v) is 7.42. The highest BCUT2D eigenvalue weighted by molar-refractivity contribution is 7.22. The molecular formula is C16H15N3S. The molecule has 2 aromatic carbocycles. The first-order chi connectivity index (χ1) is 9.86. The summed E-state index contributed by atoms with van der Waals surface area (Å²) < 4.78 is 1.17. The molecule has 0 amide bonds. The van der Waals surface area contributed by atoms with Crippen molar-refractivity contribution < 1.29 is 0 Å². The second-order valence-electron chi connectivity index (χ2n) is 4.38. The zero-order chi connectivity index (χ0) is 13.8. The zero-order valence-electron chi connectivity index (χ0n) is 11.2. The van der Waals surface area contributed by atoms with Crippen LogP contribution < -0.4 is 5.43 Å². The zero-order valence-corrected chi connectivity index (χ0v) is 12.0. The van der Waals surface area contributed by atoms with Gasteiger partial charge in [0.05, 0.1) is 15.9 Å². The van der Waals surface area contributed by atoms with Crippen molar-refractivity contribution in [2.45, 2.75) is 13.3 Å². The predicted molar refractivity (Wildman–Crippen MR) is 86.5 cm³/mol. The minimum absolute atomic E-state index is 0.827. The first-order valence-electron chi connectivity index (χ1n) is 6.60. The molecule has 0 saturated heterocycles. The van der Waals surface area contributed by atoms with Crippen LogP contribution in [0.4, 0.5) is 5.13 Å². The quantitative estimate of drug-likeness (QED) is 0.564. The normalized spacial score (nSPS) is 11.8. The molecule has 0 aliphatic rings. The SMILES string of the molecule is CCC(=NNc1nc2ccccc2s1)c1ccccc1. The molecule has 0 saturated carbocycles. The summed E-state index contributed by atoms with van der Waals surface area (Å²) in [6.45, 7) is 2.10. The third kappa shape index (κ3) is 2.70. The summed E-state index contributed by atoms with van der Waals surface area (Å²) in [6.07, 6.45) is 0.877. The van der Waals surface area contributed by atoms with Crippen molar-refractivity contribution in [3.05, 3.63) is 60.2 Å². The van der Waals surface area contributed by atoms with Crippen LogP contribution in [0.2, 0.25) is 0 Å². The van der Waals surface area contributed by atoms with Crippen LogP contribution in [0.1, 0.15) is 18.9 Å². The summed E-state index contributed by atoms with van der Waals surface area (Å²) in [5.74, 6) is 0. The maximum absolute atomic E-state index is 4.51. The van der Waals surface area contributed by atoms with Crippen molar-refractivity contribution >= 4 is 32.4 Å². The van der Waals surface area contributed by atoms with Gasteiger partial charge in [-0.3, -0.25) is 5.43 Å². The number of thiazole rings is 1. The number of benzene rings is 2. The van der Waals surface area contributed by atoms with E-state index in [1.807, 2.05) is 36.4 Å². The number of para-hydroxylation sites is 1. The Labute approximate surface area is 122 Å². The number of fused-ring (bicyclic) bond motifs is 1. The van der Waals surface area contributed by atoms with Crippen molar-refractivity contribution in [1.82, 2.24) is 4.98 Å². The molecule has 0 bridgehead atoms. The molecule has 1 heterocycles. The minimum atomic E-state index is 0.827. The van der Waals surface area contributed by atoms with E-state index < -0.39 is 0 Å². The second kappa shape index (κ2) is 5.84. The lowest BCUT2D eigenvalue weighted by Gasteiger charge is -2.03. The highest BCUT2D eigenvalue weighted by Gasteiger charge is 2.03. The Morgan fingerprint density at radius 3 is 2.60 bits per heavy atom. The molecule has 20 heavy (non-hydrogen) atoms. The number of anilines is 1. The molecule has 3 aromatic rings. The van der Waals surface area contributed by atoms with E-state index in [1.165, 1.54) is 4.70 Å². The van der Waals surface area contributed by atoms with Crippen LogP contribution in [0.3, 0.4) is 0 Å². The van der Waals surface area contributed by atoms with Gasteiger partial charge < -0.3 is 0 Å². The van der Waals surface area contributed by atoms with E-state index in [0.29, 0.717) is 0 Å². The maximum Gasteiger partial charge on any atom is 0.204 e. The number of aromatic nitrogens is 1. The van der Waals surface area contributed by atoms with Gasteiger partial charge >= 0.3 is 0 Å². The van der Waals surface area contributed by atoms with E-state index in [-0.39, 0.29) is 0 Å². The van der Waals surface area contributed by atoms with Crippen LogP contribution in [0.5, 0.6) is 0 Å². The van der Waals surface area contributed by atoms with Gasteiger partial charge in [0, 0.05) is 0 Å². The van der Waals surface area contributed by atoms with Crippen molar-refractivity contribution in [3.63, 3.8) is 0 Å². The van der Waals surface area contributed by atoms with E-state index in [4.69, 9.17) is 0 Å². The minimum Gasteiger partial charge on any atom is -0.252 e. The van der Waals surface area contributed by atoms with Crippen LogP contribution in [0.25, 0.3) is 10.2 Å². The van der Waals surface area contributed by atoms with Gasteiger partial charge in [-0.2, -0.15) is 5.10 Å². The van der Waals surface area contributed by atoms with E-state index in [9.17, 15) is 0 Å². The van der Waals surface area contributed by atoms with Crippen molar-refractivity contribution in [2.24, 2.45) is 5.10 Å². The van der Waals surface area contributed by atoms with E-state index in [2.05, 4.69) is 40.6 Å². The number of hydrazone groups is 1. The summed E-state index contributed by atoms with van der Waals surface area (Å²) >= 11 is 1.62. The van der Waals surface area contributed by atoms with Crippen LogP contribution in [-0.4, -0.2) is 10.7 Å². The van der Waals surface area contributed by atoms with E-state index >= 15 is 0 Å². The van der Waals surface area contributed by atoms with Crippen molar-refractivity contribution in [1.29, 1.82) is 0 Å². The number of nitrogens with zero attached hydrogens (tertiary/aromatic N) is 2. The third-order valence-corrected chi connectivity index (χ3v) is 3.96. The second-order valence-corrected chi connectivity index (χ2v) is 5.41. The largest absolute Gasteiger partial charge is 0.252 e. The van der Waals surface area contributed by atoms with Gasteiger partial charge in [-0.15, -0.1) is 0 Å². The molecule has 0 aliphatic carbocycles. The molecule has 3 nitrogen and oxygen atoms in total. The lowest BCUT2D eigenvalue weighted by atomic mass is 10.1. The average molecular weight is 281 g/mol. The Balaban J connectivity index is 1.84. The van der Waals surface area contributed by atoms with Gasteiger partial charge in [-0.25, -0.2) is 4.98 Å². The van der Waals surface area contributed by atoms with Crippen molar-refractivity contribution in [3.8, 4) is 0 Å². The van der Waals surface area contributed by atoms with Gasteiger partial charge in [0.2, 0.25) is 5.13 Å². The highest BCUT2D eigenvalue weighted by atomic mass is 32.1.